The maximum Gasteiger partial charge on any atom is 0.0746 e. The second kappa shape index (κ2) is 16.0. The first-order chi connectivity index (χ1) is 34.8. The van der Waals surface area contributed by atoms with Gasteiger partial charge in [-0.3, -0.25) is 0 Å². The average molecular weight is 892 g/mol. The minimum atomic E-state index is -0.645. The molecule has 2 aliphatic carbocycles. The first kappa shape index (κ1) is 39.9. The van der Waals surface area contributed by atoms with Gasteiger partial charge in [0.05, 0.1) is 22.1 Å². The van der Waals surface area contributed by atoms with E-state index in [0.29, 0.717) is 0 Å². The Hall–Kier alpha value is -9.18. The molecule has 0 fully saturated rings. The van der Waals surface area contributed by atoms with Crippen molar-refractivity contribution in [2.45, 2.75) is 5.41 Å². The molecule has 11 aromatic carbocycles. The van der Waals surface area contributed by atoms with Crippen LogP contribution in [-0.2, 0) is 5.41 Å². The SMILES string of the molecule is c1ccc(-c2cccc(N(c3ccc4c(c3)C3(c5ccccc5-4)c4ccccc4-c4cccc(N(c5ccccc5)c5ccccc5)c43)c3ccc4c5ccccc5n(-c5ccccc5)c4c3)c2)cc1. The van der Waals surface area contributed by atoms with Crippen LogP contribution < -0.4 is 9.80 Å². The van der Waals surface area contributed by atoms with E-state index in [9.17, 15) is 0 Å². The van der Waals surface area contributed by atoms with E-state index < -0.39 is 5.41 Å². The van der Waals surface area contributed by atoms with Crippen molar-refractivity contribution in [1.82, 2.24) is 4.57 Å². The summed E-state index contributed by atoms with van der Waals surface area (Å²) in [4.78, 5) is 4.93. The summed E-state index contributed by atoms with van der Waals surface area (Å²) in [5.41, 5.74) is 22.0. The summed E-state index contributed by atoms with van der Waals surface area (Å²) >= 11 is 0. The molecule has 1 heterocycles. The first-order valence-corrected chi connectivity index (χ1v) is 24.2. The molecule has 1 aromatic heterocycles. The number of rotatable bonds is 8. The second-order valence-corrected chi connectivity index (χ2v) is 18.4. The van der Waals surface area contributed by atoms with Crippen molar-refractivity contribution < 1.29 is 0 Å². The molecule has 0 aliphatic heterocycles. The van der Waals surface area contributed by atoms with Crippen LogP contribution in [0.4, 0.5) is 34.1 Å². The number of nitrogens with zero attached hydrogens (tertiary/aromatic N) is 3. The van der Waals surface area contributed by atoms with Gasteiger partial charge in [-0.15, -0.1) is 0 Å². The molecule has 3 heteroatoms. The monoisotopic (exact) mass is 891 g/mol. The summed E-state index contributed by atoms with van der Waals surface area (Å²) in [6.07, 6.45) is 0. The number of fused-ring (bicyclic) bond motifs is 13. The van der Waals surface area contributed by atoms with Gasteiger partial charge in [0.1, 0.15) is 0 Å². The molecule has 0 amide bonds. The van der Waals surface area contributed by atoms with E-state index in [4.69, 9.17) is 0 Å². The van der Waals surface area contributed by atoms with Crippen molar-refractivity contribution >= 4 is 55.9 Å². The molecular formula is C67H45N3. The molecule has 0 saturated heterocycles. The summed E-state index contributed by atoms with van der Waals surface area (Å²) < 4.78 is 2.42. The fourth-order valence-electron chi connectivity index (χ4n) is 11.9. The van der Waals surface area contributed by atoms with Crippen molar-refractivity contribution in [3.63, 3.8) is 0 Å². The molecule has 1 spiro atoms. The first-order valence-electron chi connectivity index (χ1n) is 24.2. The molecule has 2 aliphatic rings. The van der Waals surface area contributed by atoms with Gasteiger partial charge in [-0.25, -0.2) is 0 Å². The van der Waals surface area contributed by atoms with Gasteiger partial charge in [0.25, 0.3) is 0 Å². The van der Waals surface area contributed by atoms with E-state index in [1.54, 1.807) is 0 Å². The van der Waals surface area contributed by atoms with Crippen LogP contribution in [0.25, 0.3) is 60.9 Å². The zero-order valence-electron chi connectivity index (χ0n) is 38.3. The normalized spacial score (nSPS) is 14.1. The minimum Gasteiger partial charge on any atom is -0.310 e. The molecule has 14 rings (SSSR count). The highest BCUT2D eigenvalue weighted by Gasteiger charge is 2.53. The lowest BCUT2D eigenvalue weighted by Crippen LogP contribution is -2.28. The highest BCUT2D eigenvalue weighted by molar-refractivity contribution is 6.10. The Kier molecular flexibility index (Phi) is 9.11. The molecule has 0 radical (unpaired) electrons. The Bertz CT molecular complexity index is 3900. The Morgan fingerprint density at radius 2 is 0.786 bits per heavy atom. The third-order valence-electron chi connectivity index (χ3n) is 14.7. The quantitative estimate of drug-likeness (QED) is 0.151. The lowest BCUT2D eigenvalue weighted by molar-refractivity contribution is 0.793. The van der Waals surface area contributed by atoms with Crippen LogP contribution in [0, 0.1) is 0 Å². The Labute approximate surface area is 408 Å². The summed E-state index contributed by atoms with van der Waals surface area (Å²) in [6.45, 7) is 0. The molecule has 1 atom stereocenters. The third-order valence-corrected chi connectivity index (χ3v) is 14.7. The largest absolute Gasteiger partial charge is 0.310 e. The number of benzene rings is 11. The summed E-state index contributed by atoms with van der Waals surface area (Å²) in [5.74, 6) is 0. The van der Waals surface area contributed by atoms with E-state index in [2.05, 4.69) is 287 Å². The molecular weight excluding hydrogens is 847 g/mol. The topological polar surface area (TPSA) is 11.4 Å². The van der Waals surface area contributed by atoms with Crippen LogP contribution in [0.3, 0.4) is 0 Å². The Morgan fingerprint density at radius 3 is 1.51 bits per heavy atom. The van der Waals surface area contributed by atoms with Crippen molar-refractivity contribution in [3.8, 4) is 39.1 Å². The summed E-state index contributed by atoms with van der Waals surface area (Å²) in [6, 6.07) is 100. The van der Waals surface area contributed by atoms with Crippen LogP contribution in [0.1, 0.15) is 22.3 Å². The van der Waals surface area contributed by atoms with E-state index in [1.807, 2.05) is 0 Å². The zero-order chi connectivity index (χ0) is 46.2. The molecule has 0 N–H and O–H groups in total. The second-order valence-electron chi connectivity index (χ2n) is 18.4. The van der Waals surface area contributed by atoms with E-state index in [0.717, 1.165) is 50.9 Å². The highest BCUT2D eigenvalue weighted by Crippen LogP contribution is 2.66. The fraction of sp³-hybridized carbons (Fsp3) is 0.0149. The third kappa shape index (κ3) is 5.95. The molecule has 0 bridgehead atoms. The van der Waals surface area contributed by atoms with Crippen molar-refractivity contribution in [2.24, 2.45) is 0 Å². The van der Waals surface area contributed by atoms with Crippen LogP contribution in [0.5, 0.6) is 0 Å². The molecule has 3 nitrogen and oxygen atoms in total. The lowest BCUT2D eigenvalue weighted by Gasteiger charge is -2.36. The van der Waals surface area contributed by atoms with Crippen molar-refractivity contribution in [2.75, 3.05) is 9.80 Å². The Balaban J connectivity index is 1.06. The molecule has 0 saturated carbocycles. The fourth-order valence-corrected chi connectivity index (χ4v) is 11.9. The summed E-state index contributed by atoms with van der Waals surface area (Å²) in [7, 11) is 0. The predicted molar refractivity (Wildman–Crippen MR) is 292 cm³/mol. The van der Waals surface area contributed by atoms with Gasteiger partial charge in [-0.1, -0.05) is 188 Å². The zero-order valence-corrected chi connectivity index (χ0v) is 38.3. The van der Waals surface area contributed by atoms with Crippen LogP contribution >= 0.6 is 0 Å². The molecule has 328 valence electrons. The lowest BCUT2D eigenvalue weighted by atomic mass is 9.69. The minimum absolute atomic E-state index is 0.645. The number of para-hydroxylation sites is 4. The van der Waals surface area contributed by atoms with E-state index in [1.165, 1.54) is 66.4 Å². The van der Waals surface area contributed by atoms with Crippen LogP contribution in [0.15, 0.2) is 273 Å². The number of hydrogen-bond donors (Lipinski definition) is 0. The van der Waals surface area contributed by atoms with Gasteiger partial charge in [0.15, 0.2) is 0 Å². The van der Waals surface area contributed by atoms with Crippen LogP contribution in [0.2, 0.25) is 0 Å². The number of anilines is 6. The van der Waals surface area contributed by atoms with Crippen LogP contribution in [-0.4, -0.2) is 4.57 Å². The highest BCUT2D eigenvalue weighted by atomic mass is 15.2. The van der Waals surface area contributed by atoms with Gasteiger partial charge in [0, 0.05) is 50.5 Å². The van der Waals surface area contributed by atoms with E-state index in [-0.39, 0.29) is 0 Å². The number of hydrogen-bond acceptors (Lipinski definition) is 2. The molecule has 12 aromatic rings. The van der Waals surface area contributed by atoms with Gasteiger partial charge in [-0.05, 0) is 135 Å². The van der Waals surface area contributed by atoms with Gasteiger partial charge < -0.3 is 14.4 Å². The standard InChI is InChI=1S/C67H45N3/c1-5-21-46(22-6-1)47-23-19-30-51(43-47)68(53-40-42-58-57-33-15-18-37-63(57)70(65(58)45-53)50-28-11-4-12-29-50)52-39-41-56-54-31-13-16-35-60(54)67(62(56)44-52)61-36-17-14-32-55(61)59-34-20-38-64(66(59)67)69(48-24-7-2-8-25-48)49-26-9-3-10-27-49/h1-45H. The maximum absolute atomic E-state index is 2.51. The van der Waals surface area contributed by atoms with Gasteiger partial charge in [0.2, 0.25) is 0 Å². The smallest absolute Gasteiger partial charge is 0.0746 e. The Morgan fingerprint density at radius 1 is 0.286 bits per heavy atom. The maximum atomic E-state index is 2.51. The average Bonchev–Trinajstić information content (AvgIpc) is 4.04. The van der Waals surface area contributed by atoms with Gasteiger partial charge in [-0.2, -0.15) is 0 Å². The van der Waals surface area contributed by atoms with Crippen molar-refractivity contribution in [3.05, 3.63) is 295 Å². The molecule has 1 unspecified atom stereocenters. The van der Waals surface area contributed by atoms with E-state index >= 15 is 0 Å². The predicted octanol–water partition coefficient (Wildman–Crippen LogP) is 17.7. The van der Waals surface area contributed by atoms with Crippen molar-refractivity contribution in [1.29, 1.82) is 0 Å². The number of aromatic nitrogens is 1. The summed E-state index contributed by atoms with van der Waals surface area (Å²) in [5, 5.41) is 2.45. The molecule has 70 heavy (non-hydrogen) atoms. The van der Waals surface area contributed by atoms with Gasteiger partial charge >= 0.3 is 0 Å².